The molecule has 1 aromatic carbocycles. The zero-order chi connectivity index (χ0) is 14.8. The Hall–Kier alpha value is -2.43. The first-order chi connectivity index (χ1) is 10.2. The van der Waals surface area contributed by atoms with Crippen molar-refractivity contribution in [2.24, 2.45) is 0 Å². The van der Waals surface area contributed by atoms with Crippen molar-refractivity contribution in [3.05, 3.63) is 42.4 Å². The molecule has 0 radical (unpaired) electrons. The fourth-order valence-electron chi connectivity index (χ4n) is 2.25. The second-order valence-electron chi connectivity index (χ2n) is 5.27. The van der Waals surface area contributed by atoms with Gasteiger partial charge in [0.25, 0.3) is 0 Å². The SMILES string of the molecule is CCNc1cc(-n2ncc3ccccc32)nc(C(C)C)n1. The van der Waals surface area contributed by atoms with Crippen LogP contribution >= 0.6 is 0 Å². The van der Waals surface area contributed by atoms with Crippen LogP contribution in [0, 0.1) is 0 Å². The molecule has 21 heavy (non-hydrogen) atoms. The second-order valence-corrected chi connectivity index (χ2v) is 5.27. The van der Waals surface area contributed by atoms with E-state index >= 15 is 0 Å². The van der Waals surface area contributed by atoms with Gasteiger partial charge < -0.3 is 5.32 Å². The topological polar surface area (TPSA) is 55.6 Å². The first-order valence-electron chi connectivity index (χ1n) is 7.25. The standard InChI is InChI=1S/C16H19N5/c1-4-17-14-9-15(20-16(19-14)11(2)3)21-13-8-6-5-7-12(13)10-18-21/h5-11H,4H2,1-3H3,(H,17,19,20). The zero-order valence-electron chi connectivity index (χ0n) is 12.5. The largest absolute Gasteiger partial charge is 0.370 e. The number of aromatic nitrogens is 4. The maximum atomic E-state index is 4.66. The highest BCUT2D eigenvalue weighted by molar-refractivity contribution is 5.79. The van der Waals surface area contributed by atoms with E-state index in [2.05, 4.69) is 47.2 Å². The van der Waals surface area contributed by atoms with Crippen LogP contribution in [0.3, 0.4) is 0 Å². The minimum absolute atomic E-state index is 0.268. The van der Waals surface area contributed by atoms with Crippen molar-refractivity contribution in [3.8, 4) is 5.82 Å². The van der Waals surface area contributed by atoms with Crippen LogP contribution in [-0.4, -0.2) is 26.3 Å². The smallest absolute Gasteiger partial charge is 0.159 e. The minimum Gasteiger partial charge on any atom is -0.370 e. The van der Waals surface area contributed by atoms with Crippen LogP contribution in [0.1, 0.15) is 32.5 Å². The summed E-state index contributed by atoms with van der Waals surface area (Å²) in [6.07, 6.45) is 1.86. The molecule has 0 amide bonds. The molecular formula is C16H19N5. The Labute approximate surface area is 124 Å². The van der Waals surface area contributed by atoms with E-state index < -0.39 is 0 Å². The molecular weight excluding hydrogens is 262 g/mol. The number of hydrogen-bond acceptors (Lipinski definition) is 4. The average Bonchev–Trinajstić information content (AvgIpc) is 2.91. The molecule has 0 aliphatic heterocycles. The number of hydrogen-bond donors (Lipinski definition) is 1. The van der Waals surface area contributed by atoms with Crippen LogP contribution < -0.4 is 5.32 Å². The molecule has 1 N–H and O–H groups in total. The molecule has 5 heteroatoms. The van der Waals surface area contributed by atoms with E-state index in [1.807, 2.05) is 35.1 Å². The van der Waals surface area contributed by atoms with Gasteiger partial charge in [0.15, 0.2) is 5.82 Å². The van der Waals surface area contributed by atoms with Crippen LogP contribution in [-0.2, 0) is 0 Å². The van der Waals surface area contributed by atoms with E-state index in [9.17, 15) is 0 Å². The number of benzene rings is 1. The van der Waals surface area contributed by atoms with Crippen molar-refractivity contribution in [2.75, 3.05) is 11.9 Å². The molecule has 108 valence electrons. The van der Waals surface area contributed by atoms with Gasteiger partial charge in [0, 0.05) is 23.9 Å². The van der Waals surface area contributed by atoms with Gasteiger partial charge in [-0.3, -0.25) is 0 Å². The number of rotatable bonds is 4. The summed E-state index contributed by atoms with van der Waals surface area (Å²) in [4.78, 5) is 9.21. The number of para-hydroxylation sites is 1. The Morgan fingerprint density at radius 1 is 1.19 bits per heavy atom. The maximum Gasteiger partial charge on any atom is 0.159 e. The van der Waals surface area contributed by atoms with E-state index in [4.69, 9.17) is 0 Å². The Balaban J connectivity index is 2.16. The molecule has 2 heterocycles. The van der Waals surface area contributed by atoms with E-state index in [1.54, 1.807) is 0 Å². The van der Waals surface area contributed by atoms with Crippen LogP contribution in [0.25, 0.3) is 16.7 Å². The molecule has 0 spiro atoms. The molecule has 0 saturated heterocycles. The van der Waals surface area contributed by atoms with E-state index in [1.165, 1.54) is 0 Å². The fourth-order valence-corrected chi connectivity index (χ4v) is 2.25. The quantitative estimate of drug-likeness (QED) is 0.796. The van der Waals surface area contributed by atoms with Gasteiger partial charge in [-0.2, -0.15) is 5.10 Å². The van der Waals surface area contributed by atoms with Gasteiger partial charge in [-0.1, -0.05) is 32.0 Å². The Kier molecular flexibility index (Phi) is 3.56. The molecule has 0 bridgehead atoms. The van der Waals surface area contributed by atoms with Gasteiger partial charge in [0.2, 0.25) is 0 Å². The number of fused-ring (bicyclic) bond motifs is 1. The third kappa shape index (κ3) is 2.59. The van der Waals surface area contributed by atoms with Crippen molar-refractivity contribution in [3.63, 3.8) is 0 Å². The molecule has 0 unspecified atom stereocenters. The lowest BCUT2D eigenvalue weighted by atomic mass is 10.2. The van der Waals surface area contributed by atoms with Crippen LogP contribution in [0.2, 0.25) is 0 Å². The maximum absolute atomic E-state index is 4.66. The summed E-state index contributed by atoms with van der Waals surface area (Å²) in [5.74, 6) is 2.73. The Morgan fingerprint density at radius 2 is 2.00 bits per heavy atom. The van der Waals surface area contributed by atoms with E-state index in [-0.39, 0.29) is 5.92 Å². The molecule has 3 aromatic rings. The summed E-state index contributed by atoms with van der Waals surface area (Å²) < 4.78 is 1.86. The lowest BCUT2D eigenvalue weighted by molar-refractivity contribution is 0.752. The molecule has 0 fully saturated rings. The lowest BCUT2D eigenvalue weighted by Crippen LogP contribution is -2.09. The molecule has 5 nitrogen and oxygen atoms in total. The van der Waals surface area contributed by atoms with Gasteiger partial charge >= 0.3 is 0 Å². The number of nitrogens with one attached hydrogen (secondary N) is 1. The first-order valence-corrected chi connectivity index (χ1v) is 7.25. The molecule has 0 aliphatic carbocycles. The highest BCUT2D eigenvalue weighted by atomic mass is 15.3. The normalized spacial score (nSPS) is 11.2. The highest BCUT2D eigenvalue weighted by Crippen LogP contribution is 2.20. The second kappa shape index (κ2) is 5.52. The predicted molar refractivity (Wildman–Crippen MR) is 84.9 cm³/mol. The lowest BCUT2D eigenvalue weighted by Gasteiger charge is -2.11. The first kappa shape index (κ1) is 13.5. The summed E-state index contributed by atoms with van der Waals surface area (Å²) in [5.41, 5.74) is 1.05. The molecule has 3 rings (SSSR count). The third-order valence-corrected chi connectivity index (χ3v) is 3.30. The van der Waals surface area contributed by atoms with Crippen molar-refractivity contribution in [2.45, 2.75) is 26.7 Å². The molecule has 0 atom stereocenters. The Morgan fingerprint density at radius 3 is 2.76 bits per heavy atom. The van der Waals surface area contributed by atoms with Crippen LogP contribution in [0.5, 0.6) is 0 Å². The average molecular weight is 281 g/mol. The van der Waals surface area contributed by atoms with Gasteiger partial charge in [0.05, 0.1) is 11.7 Å². The summed E-state index contributed by atoms with van der Waals surface area (Å²) >= 11 is 0. The van der Waals surface area contributed by atoms with E-state index in [0.29, 0.717) is 0 Å². The van der Waals surface area contributed by atoms with Crippen molar-refractivity contribution in [1.82, 2.24) is 19.7 Å². The van der Waals surface area contributed by atoms with E-state index in [0.717, 1.165) is 34.9 Å². The minimum atomic E-state index is 0.268. The Bertz CT molecular complexity index is 760. The summed E-state index contributed by atoms with van der Waals surface area (Å²) in [7, 11) is 0. The molecule has 2 aromatic heterocycles. The summed E-state index contributed by atoms with van der Waals surface area (Å²) in [6, 6.07) is 10.1. The summed E-state index contributed by atoms with van der Waals surface area (Å²) in [6.45, 7) is 7.07. The van der Waals surface area contributed by atoms with Gasteiger partial charge in [-0.15, -0.1) is 0 Å². The molecule has 0 saturated carbocycles. The fraction of sp³-hybridized carbons (Fsp3) is 0.312. The third-order valence-electron chi connectivity index (χ3n) is 3.30. The van der Waals surface area contributed by atoms with Crippen molar-refractivity contribution >= 4 is 16.7 Å². The predicted octanol–water partition coefficient (Wildman–Crippen LogP) is 3.37. The van der Waals surface area contributed by atoms with Crippen LogP contribution in [0.4, 0.5) is 5.82 Å². The zero-order valence-corrected chi connectivity index (χ0v) is 12.5. The van der Waals surface area contributed by atoms with Crippen LogP contribution in [0.15, 0.2) is 36.5 Å². The van der Waals surface area contributed by atoms with Gasteiger partial charge in [0.1, 0.15) is 11.6 Å². The molecule has 0 aliphatic rings. The van der Waals surface area contributed by atoms with Gasteiger partial charge in [-0.25, -0.2) is 14.6 Å². The monoisotopic (exact) mass is 281 g/mol. The summed E-state index contributed by atoms with van der Waals surface area (Å²) in [5, 5.41) is 8.83. The van der Waals surface area contributed by atoms with Gasteiger partial charge in [-0.05, 0) is 13.0 Å². The number of anilines is 1. The van der Waals surface area contributed by atoms with Crippen molar-refractivity contribution < 1.29 is 0 Å². The van der Waals surface area contributed by atoms with Crippen molar-refractivity contribution in [1.29, 1.82) is 0 Å². The number of nitrogens with zero attached hydrogens (tertiary/aromatic N) is 4. The highest BCUT2D eigenvalue weighted by Gasteiger charge is 2.11.